The van der Waals surface area contributed by atoms with Crippen LogP contribution in [0.1, 0.15) is 44.6 Å². The fourth-order valence-electron chi connectivity index (χ4n) is 6.76. The lowest BCUT2D eigenvalue weighted by Gasteiger charge is -2.46. The number of likely N-dealkylation sites (tertiary alicyclic amines) is 1. The molecule has 168 valence electrons. The Kier molecular flexibility index (Phi) is 5.14. The summed E-state index contributed by atoms with van der Waals surface area (Å²) in [5, 5.41) is 4.39. The van der Waals surface area contributed by atoms with Crippen LogP contribution in [0.4, 0.5) is 11.5 Å². The molecule has 2 aromatic rings. The molecule has 1 aromatic heterocycles. The van der Waals surface area contributed by atoms with Gasteiger partial charge >= 0.3 is 5.97 Å². The molecule has 4 aliphatic rings. The summed E-state index contributed by atoms with van der Waals surface area (Å²) in [6.07, 6.45) is 9.27. The minimum atomic E-state index is -0.00909. The van der Waals surface area contributed by atoms with Gasteiger partial charge in [0, 0.05) is 43.3 Å². The SMILES string of the molecule is CCOC(=O)CC1CC2(C1)CC1CN(Cc3ccc4c(c3)Nc3nccnc3S4)CC1C2. The number of esters is 1. The maximum Gasteiger partial charge on any atom is 0.306 e. The van der Waals surface area contributed by atoms with Gasteiger partial charge in [-0.05, 0) is 73.5 Å². The first-order valence-electron chi connectivity index (χ1n) is 11.9. The van der Waals surface area contributed by atoms with Gasteiger partial charge in [0.1, 0.15) is 5.03 Å². The number of rotatable bonds is 5. The lowest BCUT2D eigenvalue weighted by Crippen LogP contribution is -2.38. The average molecular weight is 451 g/mol. The molecule has 2 unspecified atom stereocenters. The molecule has 6 rings (SSSR count). The van der Waals surface area contributed by atoms with E-state index < -0.39 is 0 Å². The monoisotopic (exact) mass is 450 g/mol. The Bertz CT molecular complexity index is 1020. The lowest BCUT2D eigenvalue weighted by molar-refractivity contribution is -0.146. The van der Waals surface area contributed by atoms with Crippen LogP contribution in [0, 0.1) is 23.2 Å². The van der Waals surface area contributed by atoms with Crippen molar-refractivity contribution in [3.63, 3.8) is 0 Å². The van der Waals surface area contributed by atoms with Gasteiger partial charge in [0.05, 0.1) is 12.3 Å². The van der Waals surface area contributed by atoms with Gasteiger partial charge in [0.2, 0.25) is 0 Å². The summed E-state index contributed by atoms with van der Waals surface area (Å²) in [5.74, 6) is 3.05. The van der Waals surface area contributed by atoms with Crippen LogP contribution in [0.25, 0.3) is 0 Å². The summed E-state index contributed by atoms with van der Waals surface area (Å²) in [6.45, 7) is 5.82. The van der Waals surface area contributed by atoms with E-state index in [-0.39, 0.29) is 5.97 Å². The summed E-state index contributed by atoms with van der Waals surface area (Å²) >= 11 is 1.68. The molecule has 3 heterocycles. The standard InChI is InChI=1S/C25H30N4O2S/c1-2-31-22(30)8-17-9-25(10-17)11-18-14-29(15-19(18)12-25)13-16-3-4-21-20(7-16)28-23-24(32-21)27-6-5-26-23/h3-7,17-19H,2,8-15H2,1H3,(H,26,28). The van der Waals surface area contributed by atoms with Gasteiger partial charge in [-0.2, -0.15) is 0 Å². The quantitative estimate of drug-likeness (QED) is 0.556. The fourth-order valence-corrected chi connectivity index (χ4v) is 7.64. The van der Waals surface area contributed by atoms with E-state index in [9.17, 15) is 4.79 Å². The topological polar surface area (TPSA) is 67.3 Å². The zero-order valence-corrected chi connectivity index (χ0v) is 19.4. The van der Waals surface area contributed by atoms with Crippen molar-refractivity contribution in [1.29, 1.82) is 0 Å². The number of aromatic nitrogens is 2. The van der Waals surface area contributed by atoms with Crippen molar-refractivity contribution in [2.75, 3.05) is 25.0 Å². The van der Waals surface area contributed by atoms with Crippen molar-refractivity contribution in [3.8, 4) is 0 Å². The van der Waals surface area contributed by atoms with E-state index in [1.165, 1.54) is 49.2 Å². The fraction of sp³-hybridized carbons (Fsp3) is 0.560. The Balaban J connectivity index is 1.03. The third kappa shape index (κ3) is 3.79. The first kappa shape index (κ1) is 20.5. The number of ether oxygens (including phenoxy) is 1. The Hall–Kier alpha value is -2.12. The first-order valence-corrected chi connectivity index (χ1v) is 12.7. The number of carbonyl (C=O) groups excluding carboxylic acids is 1. The van der Waals surface area contributed by atoms with Crippen LogP contribution in [-0.4, -0.2) is 40.5 Å². The van der Waals surface area contributed by atoms with Crippen molar-refractivity contribution in [3.05, 3.63) is 36.2 Å². The van der Waals surface area contributed by atoms with E-state index in [4.69, 9.17) is 4.74 Å². The molecule has 2 atom stereocenters. The maximum absolute atomic E-state index is 11.8. The summed E-state index contributed by atoms with van der Waals surface area (Å²) in [5.41, 5.74) is 3.03. The molecule has 7 heteroatoms. The summed E-state index contributed by atoms with van der Waals surface area (Å²) in [4.78, 5) is 24.5. The second-order valence-electron chi connectivity index (χ2n) is 10.2. The molecule has 32 heavy (non-hydrogen) atoms. The predicted molar refractivity (Wildman–Crippen MR) is 124 cm³/mol. The summed E-state index contributed by atoms with van der Waals surface area (Å²) < 4.78 is 5.14. The minimum Gasteiger partial charge on any atom is -0.466 e. The largest absolute Gasteiger partial charge is 0.466 e. The Morgan fingerprint density at radius 3 is 2.75 bits per heavy atom. The summed E-state index contributed by atoms with van der Waals surface area (Å²) in [6, 6.07) is 6.75. The van der Waals surface area contributed by atoms with Gasteiger partial charge in [-0.25, -0.2) is 9.97 Å². The number of nitrogens with zero attached hydrogens (tertiary/aromatic N) is 3. The number of hydrogen-bond donors (Lipinski definition) is 1. The molecule has 1 N–H and O–H groups in total. The second kappa shape index (κ2) is 8.03. The number of benzene rings is 1. The number of carbonyl (C=O) groups is 1. The van der Waals surface area contributed by atoms with Gasteiger partial charge in [-0.3, -0.25) is 9.69 Å². The maximum atomic E-state index is 11.8. The van der Waals surface area contributed by atoms with E-state index >= 15 is 0 Å². The van der Waals surface area contributed by atoms with Crippen molar-refractivity contribution in [2.45, 2.75) is 55.5 Å². The van der Waals surface area contributed by atoms with Gasteiger partial charge in [-0.1, -0.05) is 17.8 Å². The van der Waals surface area contributed by atoms with Crippen LogP contribution in [0.3, 0.4) is 0 Å². The van der Waals surface area contributed by atoms with Gasteiger partial charge < -0.3 is 10.1 Å². The highest BCUT2D eigenvalue weighted by molar-refractivity contribution is 7.99. The minimum absolute atomic E-state index is 0.00909. The second-order valence-corrected chi connectivity index (χ2v) is 11.2. The van der Waals surface area contributed by atoms with Crippen LogP contribution >= 0.6 is 11.8 Å². The van der Waals surface area contributed by atoms with E-state index in [0.717, 1.165) is 34.9 Å². The molecule has 1 spiro atoms. The zero-order valence-electron chi connectivity index (χ0n) is 18.5. The van der Waals surface area contributed by atoms with E-state index in [0.29, 0.717) is 24.4 Å². The van der Waals surface area contributed by atoms with Gasteiger partial charge in [0.15, 0.2) is 5.82 Å². The molecule has 6 nitrogen and oxygen atoms in total. The molecule has 3 fully saturated rings. The molecule has 0 bridgehead atoms. The zero-order chi connectivity index (χ0) is 21.7. The number of fused-ring (bicyclic) bond motifs is 3. The van der Waals surface area contributed by atoms with Crippen LogP contribution in [0.5, 0.6) is 0 Å². The number of nitrogens with one attached hydrogen (secondary N) is 1. The van der Waals surface area contributed by atoms with E-state index in [1.54, 1.807) is 24.2 Å². The van der Waals surface area contributed by atoms with Crippen LogP contribution in [0.15, 0.2) is 40.5 Å². The van der Waals surface area contributed by atoms with Crippen molar-refractivity contribution >= 4 is 29.2 Å². The van der Waals surface area contributed by atoms with Crippen LogP contribution in [0.2, 0.25) is 0 Å². The molecular weight excluding hydrogens is 420 g/mol. The Morgan fingerprint density at radius 1 is 1.19 bits per heavy atom. The van der Waals surface area contributed by atoms with Crippen LogP contribution < -0.4 is 5.32 Å². The first-order chi connectivity index (χ1) is 15.6. The number of anilines is 2. The third-order valence-corrected chi connectivity index (χ3v) is 8.89. The highest BCUT2D eigenvalue weighted by atomic mass is 32.2. The van der Waals surface area contributed by atoms with Gasteiger partial charge in [-0.15, -0.1) is 0 Å². The van der Waals surface area contributed by atoms with Gasteiger partial charge in [0.25, 0.3) is 0 Å². The highest BCUT2D eigenvalue weighted by Gasteiger charge is 2.54. The Labute approximate surface area is 193 Å². The molecule has 1 saturated heterocycles. The highest BCUT2D eigenvalue weighted by Crippen LogP contribution is 2.62. The smallest absolute Gasteiger partial charge is 0.306 e. The van der Waals surface area contributed by atoms with Crippen LogP contribution in [-0.2, 0) is 16.1 Å². The van der Waals surface area contributed by atoms with Crippen molar-refractivity contribution in [2.24, 2.45) is 23.2 Å². The summed E-state index contributed by atoms with van der Waals surface area (Å²) in [7, 11) is 0. The molecule has 1 aromatic carbocycles. The molecule has 0 amide bonds. The average Bonchev–Trinajstić information content (AvgIpc) is 3.28. The molecular formula is C25H30N4O2S. The Morgan fingerprint density at radius 2 is 1.97 bits per heavy atom. The molecule has 2 aliphatic heterocycles. The lowest BCUT2D eigenvalue weighted by atomic mass is 9.59. The predicted octanol–water partition coefficient (Wildman–Crippen LogP) is 4.88. The van der Waals surface area contributed by atoms with E-state index in [2.05, 4.69) is 38.4 Å². The normalized spacial score (nSPS) is 30.2. The number of hydrogen-bond acceptors (Lipinski definition) is 7. The van der Waals surface area contributed by atoms with Crippen molar-refractivity contribution in [1.82, 2.24) is 14.9 Å². The molecule has 2 aliphatic carbocycles. The molecule has 0 radical (unpaired) electrons. The van der Waals surface area contributed by atoms with Crippen molar-refractivity contribution < 1.29 is 9.53 Å². The molecule has 2 saturated carbocycles. The van der Waals surface area contributed by atoms with E-state index in [1.807, 2.05) is 6.92 Å². The third-order valence-electron chi connectivity index (χ3n) is 7.82.